The molecule has 0 radical (unpaired) electrons. The van der Waals surface area contributed by atoms with Crippen LogP contribution in [0.2, 0.25) is 0 Å². The molecule has 3 unspecified atom stereocenters. The number of benzene rings is 3. The predicted octanol–water partition coefficient (Wildman–Crippen LogP) is 6.32. The molecule has 3 aromatic rings. The van der Waals surface area contributed by atoms with E-state index >= 15 is 0 Å². The van der Waals surface area contributed by atoms with Gasteiger partial charge in [-0.25, -0.2) is 0 Å². The van der Waals surface area contributed by atoms with Crippen LogP contribution in [-0.4, -0.2) is 6.17 Å². The van der Waals surface area contributed by atoms with Crippen molar-refractivity contribution in [1.29, 1.82) is 0 Å². The zero-order valence-corrected chi connectivity index (χ0v) is 16.2. The smallest absolute Gasteiger partial charge is 0.118 e. The molecule has 0 saturated heterocycles. The van der Waals surface area contributed by atoms with Gasteiger partial charge < -0.3 is 9.80 Å². The molecule has 2 nitrogen and oxygen atoms in total. The molecule has 2 heteroatoms. The summed E-state index contributed by atoms with van der Waals surface area (Å²) in [6, 6.07) is 27.1. The van der Waals surface area contributed by atoms with Gasteiger partial charge in [-0.15, -0.1) is 6.58 Å². The Balaban J connectivity index is 1.78. The summed E-state index contributed by atoms with van der Waals surface area (Å²) in [6.45, 7) is 6.70. The van der Waals surface area contributed by atoms with Crippen LogP contribution in [0.25, 0.3) is 0 Å². The van der Waals surface area contributed by atoms with Crippen molar-refractivity contribution in [2.45, 2.75) is 31.3 Å². The number of anilines is 4. The second kappa shape index (κ2) is 5.51. The summed E-state index contributed by atoms with van der Waals surface area (Å²) in [5, 5.41) is 0. The lowest BCUT2D eigenvalue weighted by atomic mass is 9.61. The maximum absolute atomic E-state index is 4.35. The Morgan fingerprint density at radius 1 is 0.893 bits per heavy atom. The van der Waals surface area contributed by atoms with E-state index in [1.807, 2.05) is 0 Å². The lowest BCUT2D eigenvalue weighted by Gasteiger charge is -2.52. The van der Waals surface area contributed by atoms with Gasteiger partial charge in [0, 0.05) is 22.7 Å². The topological polar surface area (TPSA) is 6.48 Å². The highest BCUT2D eigenvalue weighted by molar-refractivity contribution is 5.91. The van der Waals surface area contributed by atoms with Crippen molar-refractivity contribution in [1.82, 2.24) is 0 Å². The van der Waals surface area contributed by atoms with E-state index in [-0.39, 0.29) is 11.6 Å². The van der Waals surface area contributed by atoms with Crippen LogP contribution in [0.5, 0.6) is 0 Å². The van der Waals surface area contributed by atoms with E-state index in [0.29, 0.717) is 5.92 Å². The Bertz CT molecular complexity index is 1080. The number of para-hydroxylation sites is 3. The fraction of sp³-hybridized carbons (Fsp3) is 0.231. The highest BCUT2D eigenvalue weighted by Gasteiger charge is 2.55. The van der Waals surface area contributed by atoms with Crippen LogP contribution < -0.4 is 9.80 Å². The summed E-state index contributed by atoms with van der Waals surface area (Å²) < 4.78 is 0. The zero-order chi connectivity index (χ0) is 18.9. The minimum Gasteiger partial charge on any atom is -0.318 e. The first-order chi connectivity index (χ1) is 13.8. The molecule has 0 N–H and O–H groups in total. The summed E-state index contributed by atoms with van der Waals surface area (Å²) >= 11 is 0. The van der Waals surface area contributed by atoms with Crippen molar-refractivity contribution in [2.24, 2.45) is 5.92 Å². The molecule has 0 spiro atoms. The van der Waals surface area contributed by atoms with Gasteiger partial charge in [-0.2, -0.15) is 0 Å². The average Bonchev–Trinajstić information content (AvgIpc) is 3.11. The van der Waals surface area contributed by atoms with E-state index in [0.717, 1.165) is 12.8 Å². The maximum Gasteiger partial charge on any atom is 0.118 e. The number of rotatable bonds is 2. The standard InChI is InChI=1S/C26H24N2/c1-3-20-25-27-19-15-13-18(14-16-19)17-26(20,4-2)21-9-5-6-10-22(21)28(25)24-12-8-7-11-23(24)27/h3,5-16,20,25H,1,4,17H2,2H3. The second-order valence-electron chi connectivity index (χ2n) is 8.27. The molecule has 0 aromatic heterocycles. The molecule has 7 rings (SSSR count). The summed E-state index contributed by atoms with van der Waals surface area (Å²) in [5.74, 6) is 0.324. The van der Waals surface area contributed by atoms with Gasteiger partial charge in [0.15, 0.2) is 0 Å². The molecule has 0 saturated carbocycles. The molecular weight excluding hydrogens is 340 g/mol. The summed E-state index contributed by atoms with van der Waals surface area (Å²) in [7, 11) is 0. The van der Waals surface area contributed by atoms with Crippen LogP contribution in [0.15, 0.2) is 85.5 Å². The van der Waals surface area contributed by atoms with Gasteiger partial charge in [0.2, 0.25) is 0 Å². The first-order valence-electron chi connectivity index (χ1n) is 10.3. The zero-order valence-electron chi connectivity index (χ0n) is 16.2. The minimum atomic E-state index is 0.0452. The number of hydrogen-bond acceptors (Lipinski definition) is 2. The van der Waals surface area contributed by atoms with Crippen LogP contribution >= 0.6 is 0 Å². The second-order valence-corrected chi connectivity index (χ2v) is 8.27. The van der Waals surface area contributed by atoms with Gasteiger partial charge in [-0.3, -0.25) is 0 Å². The monoisotopic (exact) mass is 364 g/mol. The van der Waals surface area contributed by atoms with Gasteiger partial charge in [0.1, 0.15) is 6.17 Å². The summed E-state index contributed by atoms with van der Waals surface area (Å²) in [4.78, 5) is 5.10. The normalized spacial score (nSPS) is 26.2. The molecule has 0 aliphatic carbocycles. The van der Waals surface area contributed by atoms with E-state index in [9.17, 15) is 0 Å². The predicted molar refractivity (Wildman–Crippen MR) is 117 cm³/mol. The van der Waals surface area contributed by atoms with Crippen LogP contribution in [0.3, 0.4) is 0 Å². The van der Waals surface area contributed by atoms with Crippen LogP contribution in [0, 0.1) is 5.92 Å². The van der Waals surface area contributed by atoms with Crippen molar-refractivity contribution in [3.8, 4) is 0 Å². The van der Waals surface area contributed by atoms with E-state index in [1.54, 1.807) is 0 Å². The number of fused-ring (bicyclic) bond motifs is 6. The van der Waals surface area contributed by atoms with Crippen molar-refractivity contribution in [2.75, 3.05) is 9.80 Å². The van der Waals surface area contributed by atoms with E-state index < -0.39 is 0 Å². The third kappa shape index (κ3) is 1.78. The van der Waals surface area contributed by atoms with Crippen LogP contribution in [0.1, 0.15) is 24.5 Å². The lowest BCUT2D eigenvalue weighted by Crippen LogP contribution is -2.56. The van der Waals surface area contributed by atoms with E-state index in [4.69, 9.17) is 0 Å². The van der Waals surface area contributed by atoms with Crippen molar-refractivity contribution >= 4 is 22.7 Å². The molecule has 138 valence electrons. The fourth-order valence-corrected chi connectivity index (χ4v) is 5.98. The highest BCUT2D eigenvalue weighted by Crippen LogP contribution is 2.60. The van der Waals surface area contributed by atoms with Gasteiger partial charge >= 0.3 is 0 Å². The number of nitrogens with zero attached hydrogens (tertiary/aromatic N) is 2. The SMILES string of the molecule is C=CC1C2N3c4ccc(cc4)CC1(CC)c1ccccc1N2c1ccccc13. The van der Waals surface area contributed by atoms with Gasteiger partial charge in [-0.1, -0.05) is 55.5 Å². The third-order valence-corrected chi connectivity index (χ3v) is 7.21. The Hall–Kier alpha value is -3.00. The molecule has 0 fully saturated rings. The Morgan fingerprint density at radius 3 is 2.21 bits per heavy atom. The first-order valence-corrected chi connectivity index (χ1v) is 10.3. The third-order valence-electron chi connectivity index (χ3n) is 7.21. The van der Waals surface area contributed by atoms with Crippen molar-refractivity contribution in [3.05, 3.63) is 96.6 Å². The van der Waals surface area contributed by atoms with E-state index in [2.05, 4.69) is 102 Å². The number of hydrogen-bond donors (Lipinski definition) is 0. The Morgan fingerprint density at radius 2 is 1.54 bits per heavy atom. The quantitative estimate of drug-likeness (QED) is 0.491. The molecule has 28 heavy (non-hydrogen) atoms. The molecular formula is C26H24N2. The Labute approximate surface area is 166 Å². The molecule has 4 bridgehead atoms. The minimum absolute atomic E-state index is 0.0452. The van der Waals surface area contributed by atoms with Gasteiger partial charge in [-0.05, 0) is 54.3 Å². The summed E-state index contributed by atoms with van der Waals surface area (Å²) in [6.07, 6.45) is 4.58. The highest BCUT2D eigenvalue weighted by atomic mass is 15.4. The van der Waals surface area contributed by atoms with E-state index in [1.165, 1.54) is 33.9 Å². The molecule has 4 aliphatic heterocycles. The van der Waals surface area contributed by atoms with Crippen LogP contribution in [-0.2, 0) is 11.8 Å². The molecule has 4 aliphatic rings. The van der Waals surface area contributed by atoms with Crippen LogP contribution in [0.4, 0.5) is 22.7 Å². The maximum atomic E-state index is 4.35. The fourth-order valence-electron chi connectivity index (χ4n) is 5.98. The molecule has 4 heterocycles. The Kier molecular flexibility index (Phi) is 3.15. The molecule has 0 amide bonds. The average molecular weight is 364 g/mol. The lowest BCUT2D eigenvalue weighted by molar-refractivity contribution is 0.254. The molecule has 3 atom stereocenters. The largest absolute Gasteiger partial charge is 0.318 e. The van der Waals surface area contributed by atoms with Crippen molar-refractivity contribution < 1.29 is 0 Å². The van der Waals surface area contributed by atoms with Gasteiger partial charge in [0.05, 0.1) is 11.4 Å². The van der Waals surface area contributed by atoms with Gasteiger partial charge in [0.25, 0.3) is 0 Å². The van der Waals surface area contributed by atoms with Crippen molar-refractivity contribution in [3.63, 3.8) is 0 Å². The summed E-state index contributed by atoms with van der Waals surface area (Å²) in [5.41, 5.74) is 8.11. The molecule has 3 aromatic carbocycles. The first kappa shape index (κ1) is 16.0.